The second-order valence-electron chi connectivity index (χ2n) is 12.3. The monoisotopic (exact) mass is 770 g/mol. The maximum Gasteiger partial charge on any atom is 0.263 e. The van der Waals surface area contributed by atoms with Gasteiger partial charge in [0.1, 0.15) is 4.70 Å². The Hall–Kier alpha value is -3.04. The molecule has 0 atom stereocenters. The first-order valence-electron chi connectivity index (χ1n) is 17.3. The molecule has 5 rings (SSSR count). The van der Waals surface area contributed by atoms with Gasteiger partial charge in [-0.2, -0.15) is 4.57 Å². The van der Waals surface area contributed by atoms with Crippen LogP contribution in [0.1, 0.15) is 57.5 Å². The first-order chi connectivity index (χ1) is 24.2. The molecule has 1 aliphatic heterocycles. The Labute approximate surface area is 312 Å². The highest BCUT2D eigenvalue weighted by molar-refractivity contribution is 8.03. The van der Waals surface area contributed by atoms with Gasteiger partial charge in [-0.15, -0.1) is 0 Å². The van der Waals surface area contributed by atoms with Gasteiger partial charge in [-0.05, 0) is 85.9 Å². The molecule has 0 unspecified atom stereocenters. The zero-order chi connectivity index (χ0) is 37.2. The van der Waals surface area contributed by atoms with Crippen molar-refractivity contribution in [2.24, 2.45) is 0 Å². The van der Waals surface area contributed by atoms with Crippen LogP contribution in [0.25, 0.3) is 27.4 Å². The maximum absolute atomic E-state index is 11.4. The van der Waals surface area contributed by atoms with Gasteiger partial charge in [-0.1, -0.05) is 93.3 Å². The van der Waals surface area contributed by atoms with E-state index < -0.39 is 31.7 Å². The van der Waals surface area contributed by atoms with Crippen molar-refractivity contribution in [2.75, 3.05) is 42.6 Å². The zero-order valence-electron chi connectivity index (χ0n) is 30.0. The van der Waals surface area contributed by atoms with Crippen molar-refractivity contribution in [2.45, 2.75) is 65.3 Å². The number of thioether (sulfide) groups is 1. The van der Waals surface area contributed by atoms with E-state index in [2.05, 4.69) is 84.5 Å². The molecule has 0 aliphatic carbocycles. The summed E-state index contributed by atoms with van der Waals surface area (Å²) >= 11 is 3.21. The fraction of sp³-hybridized carbons (Fsp3) is 0.395. The molecule has 4 aromatic rings. The minimum absolute atomic E-state index is 0.197. The second-order valence-corrected chi connectivity index (χ2v) is 17.4. The molecule has 13 heteroatoms. The minimum atomic E-state index is -4.34. The number of fused-ring (bicyclic) bond motifs is 2. The number of hydrogen-bond acceptors (Lipinski definition) is 10. The Kier molecular flexibility index (Phi) is 14.9. The molecule has 2 heterocycles. The van der Waals surface area contributed by atoms with E-state index in [-0.39, 0.29) is 12.8 Å². The van der Waals surface area contributed by atoms with Crippen LogP contribution < -0.4 is 9.47 Å². The average molecular weight is 771 g/mol. The van der Waals surface area contributed by atoms with Crippen LogP contribution in [0, 0.1) is 6.92 Å². The van der Waals surface area contributed by atoms with Crippen molar-refractivity contribution >= 4 is 65.3 Å². The molecule has 1 aliphatic rings. The standard InChI is InChI=1S/C32H34N2O6S4.C6H15N/c1-3-24(20-31-33(15-7-17-43(35,36)37)27-19-23(2)11-13-29(27)41-31)21-32-34(16-8-18-44(38,39)40)28-22-26(12-14-30(28)42-32)25-9-5-4-6-10-25;1-4-7(5-2)6-3/h4-6,9-14,19-22H,3,7-8,15-18H2,1-2H3,(H-,35,36,37,38,39,40);4-6H2,1-3H3/p-1. The van der Waals surface area contributed by atoms with Crippen molar-refractivity contribution in [3.8, 4) is 11.1 Å². The third-order valence-corrected chi connectivity index (χ3v) is 12.4. The van der Waals surface area contributed by atoms with E-state index in [9.17, 15) is 25.9 Å². The van der Waals surface area contributed by atoms with Crippen LogP contribution in [0.3, 0.4) is 0 Å². The van der Waals surface area contributed by atoms with Crippen molar-refractivity contribution in [1.29, 1.82) is 0 Å². The lowest BCUT2D eigenvalue weighted by Crippen LogP contribution is -2.36. The predicted molar refractivity (Wildman–Crippen MR) is 210 cm³/mol. The number of hydrogen-bond donors (Lipinski definition) is 0. The fourth-order valence-electron chi connectivity index (χ4n) is 5.83. The lowest BCUT2D eigenvalue weighted by atomic mass is 10.1. The van der Waals surface area contributed by atoms with Crippen LogP contribution in [-0.2, 0) is 26.8 Å². The summed E-state index contributed by atoms with van der Waals surface area (Å²) in [5, 5.41) is 1.88. The number of aromatic nitrogens is 1. The first kappa shape index (κ1) is 40.7. The van der Waals surface area contributed by atoms with Gasteiger partial charge in [-0.3, -0.25) is 0 Å². The summed E-state index contributed by atoms with van der Waals surface area (Å²) < 4.78 is 71.2. The van der Waals surface area contributed by atoms with Crippen LogP contribution in [0.4, 0.5) is 5.69 Å². The number of allylic oxidation sites excluding steroid dienone is 2. The molecule has 0 saturated heterocycles. The molecule has 0 fully saturated rings. The van der Waals surface area contributed by atoms with Crippen LogP contribution in [0.2, 0.25) is 0 Å². The Bertz CT molecular complexity index is 2050. The molecule has 51 heavy (non-hydrogen) atoms. The number of anilines is 1. The molecule has 0 bridgehead atoms. The van der Waals surface area contributed by atoms with Crippen LogP contribution in [0.5, 0.6) is 0 Å². The first-order valence-corrected chi connectivity index (χ1v) is 22.1. The summed E-state index contributed by atoms with van der Waals surface area (Å²) in [4.78, 5) is 5.51. The number of thiazole rings is 1. The van der Waals surface area contributed by atoms with Crippen LogP contribution >= 0.6 is 23.1 Å². The molecule has 0 radical (unpaired) electrons. The number of rotatable bonds is 15. The van der Waals surface area contributed by atoms with Gasteiger partial charge in [0.2, 0.25) is 5.52 Å². The Morgan fingerprint density at radius 2 is 1.51 bits per heavy atom. The summed E-state index contributed by atoms with van der Waals surface area (Å²) in [6.07, 6.45) is 5.31. The van der Waals surface area contributed by atoms with Gasteiger partial charge in [0, 0.05) is 41.5 Å². The quantitative estimate of drug-likeness (QED) is 0.0887. The van der Waals surface area contributed by atoms with Crippen molar-refractivity contribution in [3.05, 3.63) is 94.0 Å². The summed E-state index contributed by atoms with van der Waals surface area (Å²) in [7, 11) is -8.66. The molecule has 1 aromatic heterocycles. The highest BCUT2D eigenvalue weighted by Gasteiger charge is 2.26. The molecule has 9 nitrogen and oxygen atoms in total. The molecule has 0 saturated carbocycles. The summed E-state index contributed by atoms with van der Waals surface area (Å²) in [5.74, 6) is -0.864. The van der Waals surface area contributed by atoms with Gasteiger partial charge in [0.15, 0.2) is 6.54 Å². The molecule has 276 valence electrons. The Balaban J connectivity index is 0.000000755. The zero-order valence-corrected chi connectivity index (χ0v) is 33.3. The van der Waals surface area contributed by atoms with Gasteiger partial charge in [-0.25, -0.2) is 16.8 Å². The lowest BCUT2D eigenvalue weighted by molar-refractivity contribution is -0.668. The number of aryl methyl sites for hydroxylation is 2. The van der Waals surface area contributed by atoms with Gasteiger partial charge in [0.25, 0.3) is 5.01 Å². The minimum Gasteiger partial charge on any atom is -0.748 e. The van der Waals surface area contributed by atoms with E-state index in [4.69, 9.17) is 0 Å². The molecular formula is C38H48N3O6S4-. The third kappa shape index (κ3) is 12.0. The van der Waals surface area contributed by atoms with Crippen molar-refractivity contribution in [3.63, 3.8) is 0 Å². The van der Waals surface area contributed by atoms with Crippen LogP contribution in [0.15, 0.2) is 88.3 Å². The highest BCUT2D eigenvalue weighted by atomic mass is 32.2. The molecule has 0 amide bonds. The van der Waals surface area contributed by atoms with Gasteiger partial charge < -0.3 is 18.9 Å². The van der Waals surface area contributed by atoms with Crippen LogP contribution in [-0.4, -0.2) is 68.5 Å². The summed E-state index contributed by atoms with van der Waals surface area (Å²) in [5.41, 5.74) is 6.18. The Morgan fingerprint density at radius 3 is 2.12 bits per heavy atom. The molecule has 0 N–H and O–H groups in total. The molecule has 3 aromatic carbocycles. The third-order valence-electron chi connectivity index (χ3n) is 8.64. The SMILES string of the molecule is CCC(/C=C1\Sc2ccc(C)cc2N1CCCS(=O)(=O)[O-])=C\c1sc2ccc(-c3ccccc3)cc2[n+]1CCCS(=O)(=O)[O-].CCN(CC)CC. The number of benzene rings is 3. The topological polar surface area (TPSA) is 125 Å². The van der Waals surface area contributed by atoms with E-state index in [1.807, 2.05) is 43.3 Å². The fourth-order valence-corrected chi connectivity index (χ4v) is 9.09. The smallest absolute Gasteiger partial charge is 0.263 e. The van der Waals surface area contributed by atoms with E-state index in [1.165, 1.54) is 19.6 Å². The predicted octanol–water partition coefficient (Wildman–Crippen LogP) is 7.63. The average Bonchev–Trinajstić information content (AvgIpc) is 3.60. The van der Waals surface area contributed by atoms with E-state index >= 15 is 0 Å². The van der Waals surface area contributed by atoms with Crippen molar-refractivity contribution < 1.29 is 30.5 Å². The van der Waals surface area contributed by atoms with E-state index in [0.29, 0.717) is 19.5 Å². The Morgan fingerprint density at radius 1 is 0.843 bits per heavy atom. The lowest BCUT2D eigenvalue weighted by Gasteiger charge is -2.21. The molecule has 0 spiro atoms. The number of nitrogens with zero attached hydrogens (tertiary/aromatic N) is 3. The summed E-state index contributed by atoms with van der Waals surface area (Å²) in [6, 6.07) is 22.4. The largest absolute Gasteiger partial charge is 0.748 e. The van der Waals surface area contributed by atoms with E-state index in [0.717, 1.165) is 53.1 Å². The second kappa shape index (κ2) is 18.6. The maximum atomic E-state index is 11.4. The normalized spacial score (nSPS) is 14.3. The van der Waals surface area contributed by atoms with Gasteiger partial charge in [0.05, 0.1) is 31.0 Å². The van der Waals surface area contributed by atoms with E-state index in [1.54, 1.807) is 23.1 Å². The molecular weight excluding hydrogens is 723 g/mol. The highest BCUT2D eigenvalue weighted by Crippen LogP contribution is 2.47. The summed E-state index contributed by atoms with van der Waals surface area (Å²) in [6.45, 7) is 15.0. The van der Waals surface area contributed by atoms with Gasteiger partial charge >= 0.3 is 0 Å². The van der Waals surface area contributed by atoms with Crippen molar-refractivity contribution in [1.82, 2.24) is 4.90 Å².